The summed E-state index contributed by atoms with van der Waals surface area (Å²) in [7, 11) is 0. The molecule has 4 rings (SSSR count). The molecule has 1 aromatic heterocycles. The maximum Gasteiger partial charge on any atom is 0.215 e. The van der Waals surface area contributed by atoms with Gasteiger partial charge >= 0.3 is 0 Å². The summed E-state index contributed by atoms with van der Waals surface area (Å²) in [4.78, 5) is 13.1. The zero-order valence-electron chi connectivity index (χ0n) is 13.7. The summed E-state index contributed by atoms with van der Waals surface area (Å²) in [5.41, 5.74) is 3.44. The number of carbonyl (C=O) groups excluding carboxylic acids is 1. The van der Waals surface area contributed by atoms with Gasteiger partial charge in [-0.05, 0) is 34.7 Å². The number of benzene rings is 3. The Bertz CT molecular complexity index is 1060. The van der Waals surface area contributed by atoms with Crippen molar-refractivity contribution in [1.29, 1.82) is 0 Å². The van der Waals surface area contributed by atoms with Crippen molar-refractivity contribution in [3.8, 4) is 16.9 Å². The van der Waals surface area contributed by atoms with Gasteiger partial charge in [0.2, 0.25) is 5.78 Å². The molecule has 4 nitrogen and oxygen atoms in total. The number of halogens is 1. The number of aromatic nitrogens is 3. The van der Waals surface area contributed by atoms with E-state index in [4.69, 9.17) is 0 Å². The van der Waals surface area contributed by atoms with Gasteiger partial charge in [-0.15, -0.1) is 5.10 Å². The number of ketones is 1. The third-order valence-electron chi connectivity index (χ3n) is 4.05. The lowest BCUT2D eigenvalue weighted by atomic mass is 10.0. The molecule has 0 unspecified atom stereocenters. The van der Waals surface area contributed by atoms with Gasteiger partial charge in [-0.2, -0.15) is 0 Å². The Balaban J connectivity index is 1.94. The fourth-order valence-electron chi connectivity index (χ4n) is 2.81. The maximum atomic E-state index is 13.1. The molecule has 0 atom stereocenters. The second-order valence-corrected chi connectivity index (χ2v) is 6.87. The molecule has 5 heteroatoms. The number of rotatable bonds is 4. The zero-order chi connectivity index (χ0) is 17.9. The Morgan fingerprint density at radius 1 is 0.808 bits per heavy atom. The predicted octanol–water partition coefficient (Wildman–Crippen LogP) is 4.77. The van der Waals surface area contributed by atoms with Gasteiger partial charge in [0, 0.05) is 14.7 Å². The molecule has 0 radical (unpaired) electrons. The van der Waals surface area contributed by atoms with E-state index < -0.39 is 0 Å². The number of para-hydroxylation sites is 1. The smallest absolute Gasteiger partial charge is 0.215 e. The van der Waals surface area contributed by atoms with Gasteiger partial charge in [-0.25, -0.2) is 4.68 Å². The first-order chi connectivity index (χ1) is 12.8. The van der Waals surface area contributed by atoms with Crippen molar-refractivity contribution in [2.45, 2.75) is 0 Å². The summed E-state index contributed by atoms with van der Waals surface area (Å²) in [5, 5.41) is 8.56. The van der Waals surface area contributed by atoms with E-state index in [0.29, 0.717) is 17.0 Å². The van der Waals surface area contributed by atoms with E-state index in [-0.39, 0.29) is 5.78 Å². The summed E-state index contributed by atoms with van der Waals surface area (Å²) >= 11 is 2.26. The molecule has 0 aliphatic carbocycles. The Morgan fingerprint density at radius 3 is 2.12 bits per heavy atom. The van der Waals surface area contributed by atoms with E-state index in [2.05, 4.69) is 32.9 Å². The fraction of sp³-hybridized carbons (Fsp3) is 0. The van der Waals surface area contributed by atoms with Crippen molar-refractivity contribution in [2.75, 3.05) is 0 Å². The number of carbonyl (C=O) groups is 1. The highest BCUT2D eigenvalue weighted by atomic mass is 127. The zero-order valence-corrected chi connectivity index (χ0v) is 15.9. The topological polar surface area (TPSA) is 47.8 Å². The number of hydrogen-bond donors (Lipinski definition) is 0. The average Bonchev–Trinajstić information content (AvgIpc) is 3.14. The van der Waals surface area contributed by atoms with Gasteiger partial charge in [0.1, 0.15) is 5.69 Å². The first-order valence-electron chi connectivity index (χ1n) is 8.11. The van der Waals surface area contributed by atoms with E-state index >= 15 is 0 Å². The second-order valence-electron chi connectivity index (χ2n) is 5.71. The highest BCUT2D eigenvalue weighted by Gasteiger charge is 2.23. The lowest BCUT2D eigenvalue weighted by Crippen LogP contribution is -2.06. The Hall–Kier alpha value is -2.80. The average molecular weight is 451 g/mol. The Labute approximate surface area is 164 Å². The summed E-state index contributed by atoms with van der Waals surface area (Å²) < 4.78 is 2.78. The highest BCUT2D eigenvalue weighted by molar-refractivity contribution is 14.1. The second kappa shape index (κ2) is 7.21. The summed E-state index contributed by atoms with van der Waals surface area (Å²) in [5.74, 6) is -0.137. The van der Waals surface area contributed by atoms with Crippen molar-refractivity contribution in [3.63, 3.8) is 0 Å². The summed E-state index contributed by atoms with van der Waals surface area (Å²) in [6, 6.07) is 26.8. The molecule has 3 aromatic carbocycles. The quantitative estimate of drug-likeness (QED) is 0.332. The molecule has 0 amide bonds. The van der Waals surface area contributed by atoms with Gasteiger partial charge < -0.3 is 0 Å². The van der Waals surface area contributed by atoms with Crippen molar-refractivity contribution in [1.82, 2.24) is 15.0 Å². The minimum Gasteiger partial charge on any atom is -0.287 e. The van der Waals surface area contributed by atoms with Crippen molar-refractivity contribution in [2.24, 2.45) is 0 Å². The molecule has 0 saturated heterocycles. The van der Waals surface area contributed by atoms with Crippen LogP contribution in [0, 0.1) is 3.57 Å². The van der Waals surface area contributed by atoms with Crippen LogP contribution in [0.1, 0.15) is 16.1 Å². The molecule has 0 aliphatic rings. The third kappa shape index (κ3) is 3.06. The molecule has 126 valence electrons. The van der Waals surface area contributed by atoms with E-state index in [9.17, 15) is 4.79 Å². The molecule has 4 aromatic rings. The fourth-order valence-corrected chi connectivity index (χ4v) is 3.42. The van der Waals surface area contributed by atoms with Gasteiger partial charge in [0.25, 0.3) is 0 Å². The molecule has 0 aliphatic heterocycles. The molecular formula is C21H14IN3O. The highest BCUT2D eigenvalue weighted by Crippen LogP contribution is 2.28. The van der Waals surface area contributed by atoms with E-state index in [0.717, 1.165) is 14.8 Å². The van der Waals surface area contributed by atoms with Crippen LogP contribution in [-0.2, 0) is 0 Å². The van der Waals surface area contributed by atoms with E-state index in [1.165, 1.54) is 0 Å². The van der Waals surface area contributed by atoms with Crippen LogP contribution in [0.25, 0.3) is 16.9 Å². The van der Waals surface area contributed by atoms with Crippen LogP contribution < -0.4 is 0 Å². The SMILES string of the molecule is O=C(c1ccccc1)c1nnn(-c2ccccc2I)c1-c1ccccc1. The van der Waals surface area contributed by atoms with Gasteiger partial charge in [0.15, 0.2) is 5.69 Å². The first kappa shape index (κ1) is 16.7. The normalized spacial score (nSPS) is 10.7. The van der Waals surface area contributed by atoms with Crippen LogP contribution in [0.5, 0.6) is 0 Å². The molecule has 0 N–H and O–H groups in total. The lowest BCUT2D eigenvalue weighted by Gasteiger charge is -2.09. The minimum absolute atomic E-state index is 0.137. The number of hydrogen-bond acceptors (Lipinski definition) is 3. The standard InChI is InChI=1S/C21H14IN3O/c22-17-13-7-8-14-18(17)25-20(15-9-3-1-4-10-15)19(23-24-25)21(26)16-11-5-2-6-12-16/h1-14H. The summed E-state index contributed by atoms with van der Waals surface area (Å²) in [6.07, 6.45) is 0. The van der Waals surface area contributed by atoms with Crippen LogP contribution in [0.4, 0.5) is 0 Å². The largest absolute Gasteiger partial charge is 0.287 e. The van der Waals surface area contributed by atoms with E-state index in [1.54, 1.807) is 16.8 Å². The van der Waals surface area contributed by atoms with Crippen LogP contribution in [0.2, 0.25) is 0 Å². The minimum atomic E-state index is -0.137. The number of nitrogens with zero attached hydrogens (tertiary/aromatic N) is 3. The lowest BCUT2D eigenvalue weighted by molar-refractivity contribution is 0.103. The van der Waals surface area contributed by atoms with Crippen molar-refractivity contribution < 1.29 is 4.79 Å². The van der Waals surface area contributed by atoms with Crippen LogP contribution >= 0.6 is 22.6 Å². The maximum absolute atomic E-state index is 13.1. The van der Waals surface area contributed by atoms with Crippen molar-refractivity contribution in [3.05, 3.63) is 99.8 Å². The predicted molar refractivity (Wildman–Crippen MR) is 109 cm³/mol. The molecule has 0 bridgehead atoms. The molecule has 0 spiro atoms. The van der Waals surface area contributed by atoms with Crippen LogP contribution in [-0.4, -0.2) is 20.8 Å². The third-order valence-corrected chi connectivity index (χ3v) is 4.96. The van der Waals surface area contributed by atoms with Gasteiger partial charge in [0.05, 0.1) is 5.69 Å². The van der Waals surface area contributed by atoms with E-state index in [1.807, 2.05) is 72.8 Å². The van der Waals surface area contributed by atoms with Crippen LogP contribution in [0.15, 0.2) is 84.9 Å². The molecular weight excluding hydrogens is 437 g/mol. The molecule has 26 heavy (non-hydrogen) atoms. The molecule has 0 fully saturated rings. The monoisotopic (exact) mass is 451 g/mol. The summed E-state index contributed by atoms with van der Waals surface area (Å²) in [6.45, 7) is 0. The first-order valence-corrected chi connectivity index (χ1v) is 9.19. The Morgan fingerprint density at radius 2 is 1.42 bits per heavy atom. The molecule has 1 heterocycles. The Kier molecular flexibility index (Phi) is 4.62. The molecule has 0 saturated carbocycles. The van der Waals surface area contributed by atoms with Gasteiger partial charge in [-0.1, -0.05) is 78.0 Å². The van der Waals surface area contributed by atoms with Crippen LogP contribution in [0.3, 0.4) is 0 Å². The van der Waals surface area contributed by atoms with Gasteiger partial charge in [-0.3, -0.25) is 4.79 Å². The van der Waals surface area contributed by atoms with Crippen molar-refractivity contribution >= 4 is 28.4 Å².